The average molecular weight is 307 g/mol. The smallest absolute Gasteiger partial charge is 0.222 e. The average Bonchev–Trinajstić information content (AvgIpc) is 2.44. The van der Waals surface area contributed by atoms with Crippen LogP contribution >= 0.6 is 0 Å². The first-order chi connectivity index (χ1) is 10.4. The number of halogens is 1. The van der Waals surface area contributed by atoms with E-state index in [0.29, 0.717) is 16.9 Å². The first-order valence-corrected chi connectivity index (χ1v) is 7.40. The number of nitrogen functional groups attached to an aromatic ring is 1. The highest BCUT2D eigenvalue weighted by Gasteiger charge is 2.30. The van der Waals surface area contributed by atoms with E-state index in [0.717, 1.165) is 25.5 Å². The number of rotatable bonds is 6. The number of hydrogen-bond acceptors (Lipinski definition) is 6. The van der Waals surface area contributed by atoms with Gasteiger partial charge in [0.15, 0.2) is 5.82 Å². The van der Waals surface area contributed by atoms with Gasteiger partial charge in [0.05, 0.1) is 23.4 Å². The summed E-state index contributed by atoms with van der Waals surface area (Å²) < 4.78 is 13.3. The molecule has 4 N–H and O–H groups in total. The molecule has 0 radical (unpaired) electrons. The van der Waals surface area contributed by atoms with Gasteiger partial charge in [-0.05, 0) is 20.3 Å². The third kappa shape index (κ3) is 3.41. The molecule has 0 spiro atoms. The van der Waals surface area contributed by atoms with Crippen molar-refractivity contribution in [3.8, 4) is 0 Å². The number of nitrogens with one attached hydrogen (secondary N) is 1. The van der Waals surface area contributed by atoms with Crippen LogP contribution in [0, 0.1) is 5.82 Å². The van der Waals surface area contributed by atoms with E-state index in [1.165, 1.54) is 6.07 Å². The Morgan fingerprint density at radius 3 is 2.82 bits per heavy atom. The predicted molar refractivity (Wildman–Crippen MR) is 84.9 cm³/mol. The van der Waals surface area contributed by atoms with E-state index in [1.807, 2.05) is 6.92 Å². The lowest BCUT2D eigenvalue weighted by Gasteiger charge is -2.34. The van der Waals surface area contributed by atoms with Gasteiger partial charge in [-0.15, -0.1) is 0 Å². The van der Waals surface area contributed by atoms with Gasteiger partial charge in [0.25, 0.3) is 0 Å². The summed E-state index contributed by atoms with van der Waals surface area (Å²) in [5, 5.41) is 13.4. The summed E-state index contributed by atoms with van der Waals surface area (Å²) in [5.41, 5.74) is 5.87. The van der Waals surface area contributed by atoms with Crippen molar-refractivity contribution in [1.82, 2.24) is 15.0 Å². The second-order valence-corrected chi connectivity index (χ2v) is 5.77. The Kier molecular flexibility index (Phi) is 4.75. The minimum Gasteiger partial charge on any atom is -0.391 e. The quantitative estimate of drug-likeness (QED) is 0.758. The van der Waals surface area contributed by atoms with Gasteiger partial charge >= 0.3 is 0 Å². The van der Waals surface area contributed by atoms with Gasteiger partial charge in [-0.1, -0.05) is 19.8 Å². The Labute approximate surface area is 129 Å². The standard InChI is InChI=1S/C15H22FN5O/c1-4-5-6-15(3,9(2)22)21-13-12-11(19-14(17)20-13)7-10(16)8-18-12/h7-9,22H,4-6H2,1-3H3,(H3,17,19,20,21). The largest absolute Gasteiger partial charge is 0.391 e. The number of nitrogens with zero attached hydrogens (tertiary/aromatic N) is 3. The molecular formula is C15H22FN5O. The first kappa shape index (κ1) is 16.4. The Bertz CT molecular complexity index is 658. The van der Waals surface area contributed by atoms with Crippen molar-refractivity contribution < 1.29 is 9.50 Å². The summed E-state index contributed by atoms with van der Waals surface area (Å²) in [6.45, 7) is 5.73. The fourth-order valence-electron chi connectivity index (χ4n) is 2.29. The molecule has 0 aliphatic carbocycles. The third-order valence-corrected chi connectivity index (χ3v) is 3.90. The number of nitrogens with two attached hydrogens (primary N) is 1. The van der Waals surface area contributed by atoms with Gasteiger partial charge < -0.3 is 16.2 Å². The zero-order chi connectivity index (χ0) is 16.3. The molecule has 120 valence electrons. The summed E-state index contributed by atoms with van der Waals surface area (Å²) in [7, 11) is 0. The van der Waals surface area contributed by atoms with E-state index in [-0.39, 0.29) is 5.95 Å². The van der Waals surface area contributed by atoms with Crippen LogP contribution in [0.15, 0.2) is 12.3 Å². The van der Waals surface area contributed by atoms with Gasteiger partial charge in [0.1, 0.15) is 11.3 Å². The molecule has 0 fully saturated rings. The first-order valence-electron chi connectivity index (χ1n) is 7.40. The Hall–Kier alpha value is -2.02. The highest BCUT2D eigenvalue weighted by molar-refractivity contribution is 5.86. The van der Waals surface area contributed by atoms with E-state index < -0.39 is 17.5 Å². The fourth-order valence-corrected chi connectivity index (χ4v) is 2.29. The van der Waals surface area contributed by atoms with Gasteiger partial charge in [0.2, 0.25) is 5.95 Å². The number of anilines is 2. The number of aliphatic hydroxyl groups excluding tert-OH is 1. The number of pyridine rings is 1. The molecule has 2 unspecified atom stereocenters. The van der Waals surface area contributed by atoms with Crippen molar-refractivity contribution in [1.29, 1.82) is 0 Å². The molecule has 0 saturated carbocycles. The van der Waals surface area contributed by atoms with Gasteiger partial charge in [-0.2, -0.15) is 4.98 Å². The normalized spacial score (nSPS) is 15.5. The molecular weight excluding hydrogens is 285 g/mol. The number of hydrogen-bond donors (Lipinski definition) is 3. The minimum absolute atomic E-state index is 0.0332. The molecule has 0 aromatic carbocycles. The molecule has 0 aliphatic rings. The monoisotopic (exact) mass is 307 g/mol. The van der Waals surface area contributed by atoms with Crippen LogP contribution in [0.25, 0.3) is 11.0 Å². The van der Waals surface area contributed by atoms with E-state index in [2.05, 4.69) is 27.2 Å². The summed E-state index contributed by atoms with van der Waals surface area (Å²) in [4.78, 5) is 12.2. The van der Waals surface area contributed by atoms with Crippen LogP contribution in [-0.2, 0) is 0 Å². The summed E-state index contributed by atoms with van der Waals surface area (Å²) in [6, 6.07) is 1.26. The summed E-state index contributed by atoms with van der Waals surface area (Å²) in [6.07, 6.45) is 3.23. The van der Waals surface area contributed by atoms with E-state index in [4.69, 9.17) is 5.73 Å². The van der Waals surface area contributed by atoms with Crippen LogP contribution in [0.1, 0.15) is 40.0 Å². The maximum atomic E-state index is 13.3. The molecule has 6 nitrogen and oxygen atoms in total. The maximum absolute atomic E-state index is 13.3. The van der Waals surface area contributed by atoms with Crippen LogP contribution in [-0.4, -0.2) is 31.7 Å². The topological polar surface area (TPSA) is 97.0 Å². The molecule has 2 aromatic rings. The number of aromatic nitrogens is 3. The molecule has 22 heavy (non-hydrogen) atoms. The van der Waals surface area contributed by atoms with E-state index in [1.54, 1.807) is 6.92 Å². The molecule has 0 aliphatic heterocycles. The second-order valence-electron chi connectivity index (χ2n) is 5.77. The number of unbranched alkanes of at least 4 members (excludes halogenated alkanes) is 1. The summed E-state index contributed by atoms with van der Waals surface area (Å²) in [5.74, 6) is -0.0475. The van der Waals surface area contributed by atoms with Crippen LogP contribution in [0.5, 0.6) is 0 Å². The number of fused-ring (bicyclic) bond motifs is 1. The van der Waals surface area contributed by atoms with Crippen molar-refractivity contribution in [2.75, 3.05) is 11.1 Å². The van der Waals surface area contributed by atoms with E-state index >= 15 is 0 Å². The number of aliphatic hydroxyl groups is 1. The Morgan fingerprint density at radius 2 is 2.18 bits per heavy atom. The highest BCUT2D eigenvalue weighted by Crippen LogP contribution is 2.27. The Balaban J connectivity index is 2.44. The zero-order valence-corrected chi connectivity index (χ0v) is 13.1. The molecule has 2 rings (SSSR count). The van der Waals surface area contributed by atoms with Crippen molar-refractivity contribution in [3.63, 3.8) is 0 Å². The molecule has 0 bridgehead atoms. The van der Waals surface area contributed by atoms with Crippen molar-refractivity contribution in [2.24, 2.45) is 0 Å². The minimum atomic E-state index is -0.606. The maximum Gasteiger partial charge on any atom is 0.222 e. The highest BCUT2D eigenvalue weighted by atomic mass is 19.1. The molecule has 0 amide bonds. The van der Waals surface area contributed by atoms with Crippen LogP contribution in [0.2, 0.25) is 0 Å². The van der Waals surface area contributed by atoms with Crippen molar-refractivity contribution >= 4 is 22.8 Å². The van der Waals surface area contributed by atoms with Crippen molar-refractivity contribution in [2.45, 2.75) is 51.7 Å². The van der Waals surface area contributed by atoms with Crippen molar-refractivity contribution in [3.05, 3.63) is 18.1 Å². The third-order valence-electron chi connectivity index (χ3n) is 3.90. The fraction of sp³-hybridized carbons (Fsp3) is 0.533. The SMILES string of the molecule is CCCCC(C)(Nc1nc(N)nc2cc(F)cnc12)C(C)O. The summed E-state index contributed by atoms with van der Waals surface area (Å²) >= 11 is 0. The second kappa shape index (κ2) is 6.39. The van der Waals surface area contributed by atoms with Crippen LogP contribution < -0.4 is 11.1 Å². The lowest BCUT2D eigenvalue weighted by atomic mass is 9.89. The molecule has 2 atom stereocenters. The van der Waals surface area contributed by atoms with Gasteiger partial charge in [-0.25, -0.2) is 14.4 Å². The molecule has 2 heterocycles. The van der Waals surface area contributed by atoms with Gasteiger partial charge in [0, 0.05) is 6.07 Å². The zero-order valence-electron chi connectivity index (χ0n) is 13.1. The predicted octanol–water partition coefficient (Wildman–Crippen LogP) is 2.49. The van der Waals surface area contributed by atoms with E-state index in [9.17, 15) is 9.50 Å². The lowest BCUT2D eigenvalue weighted by Crippen LogP contribution is -2.45. The molecule has 0 saturated heterocycles. The molecule has 7 heteroatoms. The van der Waals surface area contributed by atoms with Crippen LogP contribution in [0.4, 0.5) is 16.2 Å². The Morgan fingerprint density at radius 1 is 1.45 bits per heavy atom. The molecule has 2 aromatic heterocycles. The van der Waals surface area contributed by atoms with Crippen LogP contribution in [0.3, 0.4) is 0 Å². The van der Waals surface area contributed by atoms with Gasteiger partial charge in [-0.3, -0.25) is 0 Å². The lowest BCUT2D eigenvalue weighted by molar-refractivity contribution is 0.116.